The SMILES string of the molecule is CC(C)C[C@H](N)C(=O)O.CC(C)[C@H](N)C(=O)O.CC[C@H](C)[C@H](N)C(=O)O.CSCC[C@H](N)C(=O)O.C[C@@H](O)[C@H](N)C(=O)O.C[C@H](N)C(=O)O.NCC(=O)O.N[C@@H](CC(=O)O)C(=O)O.N[C@@H](CCC(=O)O)C(=O)O.N[C@@H](CO)C(=O)O.N[C@@H](CSSC[C@H](N)C(=O)O)C(=O)O.N[C@@H](Cc1ccc(O)cc1)C(=O)O.N[C@@H](Cc1ccccc1)C(=O)O. The van der Waals surface area contributed by atoms with Crippen LogP contribution in [0.3, 0.4) is 0 Å². The van der Waals surface area contributed by atoms with Crippen molar-refractivity contribution in [1.82, 2.24) is 0 Å². The predicted octanol–water partition coefficient (Wildman–Crippen LogP) is -4.97. The third-order valence-electron chi connectivity index (χ3n) is 12.7. The lowest BCUT2D eigenvalue weighted by atomic mass is 10.0. The number of rotatable bonds is 38. The maximum absolute atomic E-state index is 10.4. The third-order valence-corrected chi connectivity index (χ3v) is 15.8. The normalized spacial score (nSPS) is 13.5. The number of phenolic OH excluding ortho intramolecular Hbond substituents is 1. The molecule has 0 bridgehead atoms. The topological polar surface area (TPSA) is 1020 Å². The van der Waals surface area contributed by atoms with Gasteiger partial charge in [-0.05, 0) is 99.0 Å². The predicted molar refractivity (Wildman–Crippen MR) is 437 cm³/mol. The fourth-order valence-corrected chi connectivity index (χ4v) is 7.75. The van der Waals surface area contributed by atoms with E-state index >= 15 is 0 Å². The Labute approximate surface area is 697 Å². The summed E-state index contributed by atoms with van der Waals surface area (Å²) in [6, 6.07) is 3.98. The number of hydrogen-bond donors (Lipinski definition) is 33. The number of aliphatic hydroxyl groups is 2. The molecule has 0 aromatic heterocycles. The van der Waals surface area contributed by atoms with Gasteiger partial charge in [-0.2, -0.15) is 11.8 Å². The summed E-state index contributed by atoms with van der Waals surface area (Å²) in [6.07, 6.45) is 2.76. The summed E-state index contributed by atoms with van der Waals surface area (Å²) >= 11 is 1.60. The van der Waals surface area contributed by atoms with Gasteiger partial charge in [-0.1, -0.05) is 112 Å². The Morgan fingerprint density at radius 1 is 0.378 bits per heavy atom. The van der Waals surface area contributed by atoms with Gasteiger partial charge in [0.05, 0.1) is 25.7 Å². The third kappa shape index (κ3) is 100. The summed E-state index contributed by atoms with van der Waals surface area (Å²) in [7, 11) is 2.41. The number of carbonyl (C=O) groups is 16. The van der Waals surface area contributed by atoms with Gasteiger partial charge in [-0.3, -0.25) is 76.7 Å². The van der Waals surface area contributed by atoms with Gasteiger partial charge in [0.2, 0.25) is 0 Å². The van der Waals surface area contributed by atoms with E-state index in [4.69, 9.17) is 172 Å². The molecular weight excluding hydrogens is 1660 g/mol. The molecule has 52 heteroatoms. The molecule has 0 radical (unpaired) electrons. The maximum atomic E-state index is 10.4. The molecule has 119 heavy (non-hydrogen) atoms. The highest BCUT2D eigenvalue weighted by atomic mass is 33.1. The van der Waals surface area contributed by atoms with Crippen LogP contribution in [0.25, 0.3) is 0 Å². The summed E-state index contributed by atoms with van der Waals surface area (Å²) in [5.74, 6) is -14.9. The molecule has 2 aromatic rings. The molecule has 0 spiro atoms. The van der Waals surface area contributed by atoms with Crippen LogP contribution in [0.1, 0.15) is 105 Å². The molecule has 692 valence electrons. The van der Waals surface area contributed by atoms with Gasteiger partial charge in [0.25, 0.3) is 0 Å². The van der Waals surface area contributed by atoms with Gasteiger partial charge in [0.1, 0.15) is 84.3 Å². The Morgan fingerprint density at radius 3 is 0.882 bits per heavy atom. The first-order chi connectivity index (χ1) is 54.3. The van der Waals surface area contributed by atoms with Gasteiger partial charge < -0.3 is 177 Å². The van der Waals surface area contributed by atoms with Crippen molar-refractivity contribution >= 4 is 129 Å². The average molecular weight is 1780 g/mol. The lowest BCUT2D eigenvalue weighted by molar-refractivity contribution is -0.144. The quantitative estimate of drug-likeness (QED) is 0.0221. The van der Waals surface area contributed by atoms with Crippen LogP contribution in [-0.2, 0) is 89.6 Å². The van der Waals surface area contributed by atoms with Crippen LogP contribution in [0.4, 0.5) is 0 Å². The smallest absolute Gasteiger partial charge is 0.323 e. The summed E-state index contributed by atoms with van der Waals surface area (Å²) in [5, 5.41) is 156. The zero-order valence-electron chi connectivity index (χ0n) is 67.0. The minimum Gasteiger partial charge on any atom is -0.508 e. The van der Waals surface area contributed by atoms with Crippen molar-refractivity contribution in [1.29, 1.82) is 0 Å². The van der Waals surface area contributed by atoms with Crippen LogP contribution in [-0.4, -0.2) is 314 Å². The second kappa shape index (κ2) is 81.9. The van der Waals surface area contributed by atoms with Crippen molar-refractivity contribution in [2.75, 3.05) is 36.7 Å². The minimum atomic E-state index is -1.29. The molecule has 0 saturated heterocycles. The van der Waals surface area contributed by atoms with Crippen molar-refractivity contribution in [2.45, 2.75) is 191 Å². The van der Waals surface area contributed by atoms with E-state index in [0.717, 1.165) is 23.3 Å². The zero-order valence-corrected chi connectivity index (χ0v) is 69.5. The summed E-state index contributed by atoms with van der Waals surface area (Å²) in [4.78, 5) is 159. The largest absolute Gasteiger partial charge is 0.508 e. The molecule has 0 saturated carbocycles. The summed E-state index contributed by atoms with van der Waals surface area (Å²) < 4.78 is 0. The number of phenols is 1. The van der Waals surface area contributed by atoms with Crippen molar-refractivity contribution in [3.8, 4) is 5.75 Å². The van der Waals surface area contributed by atoms with Crippen LogP contribution < -0.4 is 80.3 Å². The van der Waals surface area contributed by atoms with E-state index in [2.05, 4.69) is 5.73 Å². The molecule has 0 unspecified atom stereocenters. The Bertz CT molecular complexity index is 3120. The average Bonchev–Trinajstić information content (AvgIpc) is 0.910. The molecular formula is C67H126N14O35S3. The van der Waals surface area contributed by atoms with Crippen LogP contribution in [0.2, 0.25) is 0 Å². The Balaban J connectivity index is -0.000000119. The Kier molecular flexibility index (Phi) is 91.2. The standard InChI is InChI=1S/C9H11NO3.C9H11NO2.C6H12N2O4S2.2C6H13NO2.C5H9NO4.C5H11NO2S.C5H11NO2.C4H7NO4.C4H9NO3.C3H7NO3.C3H7NO2.C2H5NO2/c10-8(9(12)13)5-6-1-3-7(11)4-2-6;10-8(9(11)12)6-7-4-2-1-3-5-7;7-3(5(9)10)1-13-14-2-4(8)6(11)12;1-4(2)3-5(7)6(8)9;1-3-4(2)5(7)6(8)9;6-3(5(9)10)1-2-4(7)8;1-9-3-2-4(6)5(7)8;1-3(2)4(6)5(7)8;5-2(4(8)9)1-3(6)7;1-2(6)3(5)4(7)8;4-2(1-5)3(6)7;1-2(4)3(5)6;3-1-2(4)5/h1-4,8,11H,5,10H2,(H,12,13);1-5,8H,6,10H2,(H,11,12);3-4H,1-2,7-8H2,(H,9,10)(H,11,12);2*4-5H,3,7H2,1-2H3,(H,8,9);3H,1-2,6H2,(H,7,8)(H,9,10);4H,2-3,6H2,1H3,(H,7,8);3-4H,6H2,1-2H3,(H,7,8);2H,1,5H2,(H,6,7)(H,8,9);2-3,6H,5H2,1H3,(H,7,8);2,5H,1,4H2,(H,6,7);2H,4H2,1H3,(H,5,6);1,3H2,(H,4,5)/t2*8-;3-,4-;5-;4-,5-;3-;2*4-;2-;2-,3+;2*2-;/m000000000100./s1. The highest BCUT2D eigenvalue weighted by Gasteiger charge is 2.21. The molecule has 49 nitrogen and oxygen atoms in total. The highest BCUT2D eigenvalue weighted by Crippen LogP contribution is 2.22. The number of hydrogen-bond acceptors (Lipinski definition) is 36. The molecule has 0 fully saturated rings. The molecule has 0 heterocycles. The molecule has 0 amide bonds. The number of benzene rings is 2. The van der Waals surface area contributed by atoms with Crippen LogP contribution in [0.15, 0.2) is 54.6 Å². The second-order valence-corrected chi connectivity index (χ2v) is 28.0. The van der Waals surface area contributed by atoms with E-state index < -0.39 is 193 Å². The molecule has 2 rings (SSSR count). The molecule has 2 aromatic carbocycles. The molecule has 0 aliphatic carbocycles. The number of nitrogens with two attached hydrogens (primary N) is 14. The highest BCUT2D eigenvalue weighted by molar-refractivity contribution is 8.76. The second-order valence-electron chi connectivity index (χ2n) is 24.4. The Morgan fingerprint density at radius 2 is 0.697 bits per heavy atom. The lowest BCUT2D eigenvalue weighted by Crippen LogP contribution is -2.39. The number of carboxylic acid groups (broad SMARTS) is 16. The van der Waals surface area contributed by atoms with E-state index in [1.165, 1.54) is 47.6 Å². The number of thioether (sulfide) groups is 1. The summed E-state index contributed by atoms with van der Waals surface area (Å²) in [5.41, 5.74) is 72.6. The first-order valence-corrected chi connectivity index (χ1v) is 38.2. The van der Waals surface area contributed by atoms with E-state index in [1.54, 1.807) is 37.7 Å². The van der Waals surface area contributed by atoms with E-state index in [-0.39, 0.29) is 54.9 Å². The summed E-state index contributed by atoms with van der Waals surface area (Å²) in [6.45, 7) is 13.2. The van der Waals surface area contributed by atoms with Gasteiger partial charge in [0.15, 0.2) is 0 Å². The van der Waals surface area contributed by atoms with E-state index in [9.17, 15) is 76.7 Å². The van der Waals surface area contributed by atoms with Crippen molar-refractivity contribution in [3.63, 3.8) is 0 Å². The van der Waals surface area contributed by atoms with Gasteiger partial charge in [-0.25, -0.2) is 0 Å². The molecule has 0 aliphatic heterocycles. The maximum Gasteiger partial charge on any atom is 0.323 e. The van der Waals surface area contributed by atoms with Crippen molar-refractivity contribution < 1.29 is 174 Å². The van der Waals surface area contributed by atoms with Gasteiger partial charge >= 0.3 is 95.5 Å². The number of carboxylic acids is 16. The van der Waals surface area contributed by atoms with E-state index in [1.807, 2.05) is 64.3 Å². The molecule has 15 atom stereocenters. The number of aliphatic hydroxyl groups excluding tert-OH is 2. The van der Waals surface area contributed by atoms with Gasteiger partial charge in [-0.15, -0.1) is 0 Å². The number of aliphatic carboxylic acids is 16. The van der Waals surface area contributed by atoms with Crippen molar-refractivity contribution in [3.05, 3.63) is 65.7 Å². The number of aromatic hydroxyl groups is 1. The van der Waals surface area contributed by atoms with Crippen molar-refractivity contribution in [2.24, 2.45) is 98.0 Å². The van der Waals surface area contributed by atoms with E-state index in [0.29, 0.717) is 25.2 Å². The van der Waals surface area contributed by atoms with Crippen LogP contribution in [0, 0.1) is 17.8 Å². The van der Waals surface area contributed by atoms with Crippen LogP contribution >= 0.6 is 33.3 Å². The van der Waals surface area contributed by atoms with Crippen LogP contribution in [0.5, 0.6) is 5.75 Å². The Hall–Kier alpha value is -9.83. The first kappa shape index (κ1) is 133. The van der Waals surface area contributed by atoms with Gasteiger partial charge in [0, 0.05) is 17.9 Å². The fraction of sp³-hybridized carbons (Fsp3) is 0.582. The minimum absolute atomic E-state index is 0.0208. The fourth-order valence-electron chi connectivity index (χ4n) is 5.04. The molecule has 0 aliphatic rings. The zero-order chi connectivity index (χ0) is 96.5. The first-order valence-electron chi connectivity index (χ1n) is 34.3. The lowest BCUT2D eigenvalue weighted by Gasteiger charge is -2.11. The molecule has 47 N–H and O–H groups in total. The monoisotopic (exact) mass is 1780 g/mol.